The summed E-state index contributed by atoms with van der Waals surface area (Å²) in [6.07, 6.45) is 0. The fourth-order valence-corrected chi connectivity index (χ4v) is 0.383. The molecule has 0 aliphatic rings. The molecule has 1 aromatic heterocycles. The van der Waals surface area contributed by atoms with Crippen LogP contribution in [-0.4, -0.2) is 5.16 Å². The van der Waals surface area contributed by atoms with Gasteiger partial charge in [0, 0.05) is 6.07 Å². The summed E-state index contributed by atoms with van der Waals surface area (Å²) in [6, 6.07) is 1.67. The second-order valence-corrected chi connectivity index (χ2v) is 1.37. The van der Waals surface area contributed by atoms with Gasteiger partial charge in [0.2, 0.25) is 5.88 Å². The normalized spacial score (nSPS) is 7.67. The van der Waals surface area contributed by atoms with Crippen LogP contribution in [0.25, 0.3) is 0 Å². The Hall–Kier alpha value is -1.25. The van der Waals surface area contributed by atoms with E-state index in [2.05, 4.69) is 22.8 Å². The highest BCUT2D eigenvalue weighted by atomic mass is 16.5. The third kappa shape index (κ3) is 2.54. The lowest BCUT2D eigenvalue weighted by molar-refractivity contribution is 0.431. The fraction of sp³-hybridized carbons (Fsp3) is 0.167. The quantitative estimate of drug-likeness (QED) is 0.534. The molecular formula is C6H10N2O. The van der Waals surface area contributed by atoms with Crippen molar-refractivity contribution in [2.45, 2.75) is 6.92 Å². The maximum absolute atomic E-state index is 5.15. The van der Waals surface area contributed by atoms with E-state index in [-0.39, 0.29) is 0 Å². The molecule has 0 fully saturated rings. The molecule has 3 nitrogen and oxygen atoms in total. The molecule has 0 bridgehead atoms. The molecule has 0 saturated carbocycles. The van der Waals surface area contributed by atoms with Crippen LogP contribution >= 0.6 is 0 Å². The molecule has 0 aromatic carbocycles. The maximum atomic E-state index is 5.15. The van der Waals surface area contributed by atoms with E-state index in [1.165, 1.54) is 0 Å². The predicted octanol–water partition coefficient (Wildman–Crippen LogP) is 1.37. The lowest BCUT2D eigenvalue weighted by Gasteiger charge is -1.67. The first-order valence-electron chi connectivity index (χ1n) is 2.48. The van der Waals surface area contributed by atoms with Gasteiger partial charge < -0.3 is 10.3 Å². The van der Waals surface area contributed by atoms with E-state index in [4.69, 9.17) is 5.73 Å². The molecule has 0 saturated heterocycles. The second-order valence-electron chi connectivity index (χ2n) is 1.37. The van der Waals surface area contributed by atoms with E-state index >= 15 is 0 Å². The average molecular weight is 126 g/mol. The number of nitrogens with two attached hydrogens (primary N) is 1. The molecule has 0 spiro atoms. The van der Waals surface area contributed by atoms with E-state index in [9.17, 15) is 0 Å². The zero-order chi connectivity index (χ0) is 7.28. The number of aryl methyl sites for hydroxylation is 1. The molecule has 0 unspecified atom stereocenters. The lowest BCUT2D eigenvalue weighted by atomic mass is 10.5. The summed E-state index contributed by atoms with van der Waals surface area (Å²) in [4.78, 5) is 0. The van der Waals surface area contributed by atoms with Crippen molar-refractivity contribution in [2.75, 3.05) is 5.73 Å². The van der Waals surface area contributed by atoms with Gasteiger partial charge in [-0.15, -0.1) is 13.2 Å². The molecule has 0 radical (unpaired) electrons. The Bertz CT molecular complexity index is 155. The zero-order valence-electron chi connectivity index (χ0n) is 5.42. The monoisotopic (exact) mass is 126 g/mol. The molecule has 0 aliphatic carbocycles. The van der Waals surface area contributed by atoms with Crippen molar-refractivity contribution < 1.29 is 4.52 Å². The van der Waals surface area contributed by atoms with Gasteiger partial charge in [-0.25, -0.2) is 0 Å². The van der Waals surface area contributed by atoms with Gasteiger partial charge in [-0.3, -0.25) is 0 Å². The van der Waals surface area contributed by atoms with Gasteiger partial charge in [0.1, 0.15) is 0 Å². The van der Waals surface area contributed by atoms with E-state index in [0.717, 1.165) is 5.69 Å². The van der Waals surface area contributed by atoms with Gasteiger partial charge in [0.15, 0.2) is 0 Å². The minimum atomic E-state index is 0.373. The van der Waals surface area contributed by atoms with E-state index in [0.29, 0.717) is 5.88 Å². The molecule has 0 atom stereocenters. The van der Waals surface area contributed by atoms with Crippen LogP contribution in [0.3, 0.4) is 0 Å². The van der Waals surface area contributed by atoms with Crippen LogP contribution in [0.15, 0.2) is 23.7 Å². The molecule has 2 N–H and O–H groups in total. The van der Waals surface area contributed by atoms with Gasteiger partial charge >= 0.3 is 0 Å². The van der Waals surface area contributed by atoms with Crippen molar-refractivity contribution in [1.29, 1.82) is 0 Å². The topological polar surface area (TPSA) is 52.0 Å². The Morgan fingerprint density at radius 3 is 2.33 bits per heavy atom. The predicted molar refractivity (Wildman–Crippen MR) is 36.9 cm³/mol. The number of rotatable bonds is 0. The van der Waals surface area contributed by atoms with Crippen LogP contribution in [0.5, 0.6) is 0 Å². The number of anilines is 1. The third-order valence-corrected chi connectivity index (χ3v) is 0.646. The summed E-state index contributed by atoms with van der Waals surface area (Å²) in [7, 11) is 0. The molecule has 0 amide bonds. The van der Waals surface area contributed by atoms with Crippen molar-refractivity contribution >= 4 is 5.88 Å². The van der Waals surface area contributed by atoms with Gasteiger partial charge in [0.05, 0.1) is 5.69 Å². The van der Waals surface area contributed by atoms with E-state index < -0.39 is 0 Å². The SMILES string of the molecule is C=C.Cc1cc(N)on1. The van der Waals surface area contributed by atoms with Crippen LogP contribution in [0.2, 0.25) is 0 Å². The number of hydrogen-bond acceptors (Lipinski definition) is 3. The van der Waals surface area contributed by atoms with Crippen molar-refractivity contribution in [2.24, 2.45) is 0 Å². The summed E-state index contributed by atoms with van der Waals surface area (Å²) in [6.45, 7) is 7.82. The number of aromatic nitrogens is 1. The fourth-order valence-electron chi connectivity index (χ4n) is 0.383. The van der Waals surface area contributed by atoms with Crippen molar-refractivity contribution in [1.82, 2.24) is 5.16 Å². The van der Waals surface area contributed by atoms with Crippen LogP contribution in [0, 0.1) is 6.92 Å². The summed E-state index contributed by atoms with van der Waals surface area (Å²) >= 11 is 0. The molecule has 1 aromatic rings. The van der Waals surface area contributed by atoms with Crippen LogP contribution < -0.4 is 5.73 Å². The van der Waals surface area contributed by atoms with Crippen LogP contribution in [-0.2, 0) is 0 Å². The Balaban J connectivity index is 0.000000291. The Morgan fingerprint density at radius 2 is 2.22 bits per heavy atom. The first kappa shape index (κ1) is 7.75. The molecule has 0 aliphatic heterocycles. The molecule has 1 heterocycles. The zero-order valence-corrected chi connectivity index (χ0v) is 5.42. The number of nitrogens with zero attached hydrogens (tertiary/aromatic N) is 1. The standard InChI is InChI=1S/C4H6N2O.C2H4/c1-3-2-4(5)7-6-3;1-2/h2H,5H2,1H3;1-2H2. The highest BCUT2D eigenvalue weighted by molar-refractivity contribution is 5.22. The summed E-state index contributed by atoms with van der Waals surface area (Å²) in [5.74, 6) is 0.373. The number of nitrogen functional groups attached to an aromatic ring is 1. The Labute approximate surface area is 54.1 Å². The Morgan fingerprint density at radius 1 is 1.67 bits per heavy atom. The maximum Gasteiger partial charge on any atom is 0.222 e. The average Bonchev–Trinajstić information content (AvgIpc) is 2.20. The number of hydrogen-bond donors (Lipinski definition) is 1. The van der Waals surface area contributed by atoms with Crippen molar-refractivity contribution in [3.63, 3.8) is 0 Å². The summed E-state index contributed by atoms with van der Waals surface area (Å²) in [5.41, 5.74) is 5.97. The minimum Gasteiger partial charge on any atom is -0.368 e. The highest BCUT2D eigenvalue weighted by Crippen LogP contribution is 2.00. The van der Waals surface area contributed by atoms with Gasteiger partial charge in [0.25, 0.3) is 0 Å². The van der Waals surface area contributed by atoms with Crippen molar-refractivity contribution in [3.8, 4) is 0 Å². The molecule has 9 heavy (non-hydrogen) atoms. The van der Waals surface area contributed by atoms with E-state index in [1.54, 1.807) is 6.07 Å². The molecule has 50 valence electrons. The van der Waals surface area contributed by atoms with Gasteiger partial charge in [-0.2, -0.15) is 0 Å². The highest BCUT2D eigenvalue weighted by Gasteiger charge is 1.88. The van der Waals surface area contributed by atoms with Gasteiger partial charge in [-0.05, 0) is 6.92 Å². The summed E-state index contributed by atoms with van der Waals surface area (Å²) < 4.78 is 4.49. The first-order valence-corrected chi connectivity index (χ1v) is 2.48. The lowest BCUT2D eigenvalue weighted by Crippen LogP contribution is -1.75. The van der Waals surface area contributed by atoms with Crippen molar-refractivity contribution in [3.05, 3.63) is 24.9 Å². The van der Waals surface area contributed by atoms with E-state index in [1.807, 2.05) is 6.92 Å². The molecule has 1 rings (SSSR count). The smallest absolute Gasteiger partial charge is 0.222 e. The molecule has 3 heteroatoms. The molecular weight excluding hydrogens is 116 g/mol. The third-order valence-electron chi connectivity index (χ3n) is 0.646. The largest absolute Gasteiger partial charge is 0.368 e. The van der Waals surface area contributed by atoms with Crippen LogP contribution in [0.4, 0.5) is 5.88 Å². The first-order chi connectivity index (χ1) is 4.29. The second kappa shape index (κ2) is 3.72. The van der Waals surface area contributed by atoms with Crippen LogP contribution in [0.1, 0.15) is 5.69 Å². The Kier molecular flexibility index (Phi) is 3.20. The summed E-state index contributed by atoms with van der Waals surface area (Å²) in [5, 5.41) is 3.52. The minimum absolute atomic E-state index is 0.373. The van der Waals surface area contributed by atoms with Gasteiger partial charge in [-0.1, -0.05) is 5.16 Å².